The highest BCUT2D eigenvalue weighted by Crippen LogP contribution is 2.18. The van der Waals surface area contributed by atoms with Crippen LogP contribution in [0.25, 0.3) is 0 Å². The van der Waals surface area contributed by atoms with Crippen LogP contribution in [0.2, 0.25) is 0 Å². The Morgan fingerprint density at radius 3 is 2.29 bits per heavy atom. The third-order valence-electron chi connectivity index (χ3n) is 4.16. The molecule has 1 amide bonds. The van der Waals surface area contributed by atoms with Gasteiger partial charge in [-0.3, -0.25) is 4.79 Å². The number of benzene rings is 1. The summed E-state index contributed by atoms with van der Waals surface area (Å²) in [6.07, 6.45) is 1.95. The zero-order valence-electron chi connectivity index (χ0n) is 13.1. The number of amides is 1. The van der Waals surface area contributed by atoms with Gasteiger partial charge >= 0.3 is 0 Å². The summed E-state index contributed by atoms with van der Waals surface area (Å²) >= 11 is 0. The van der Waals surface area contributed by atoms with Crippen molar-refractivity contribution in [1.29, 1.82) is 0 Å². The van der Waals surface area contributed by atoms with Gasteiger partial charge in [-0.25, -0.2) is 4.39 Å². The van der Waals surface area contributed by atoms with E-state index in [2.05, 4.69) is 12.2 Å². The fraction of sp³-hybridized carbons (Fsp3) is 0.588. The van der Waals surface area contributed by atoms with E-state index in [9.17, 15) is 9.18 Å². The van der Waals surface area contributed by atoms with E-state index in [1.807, 2.05) is 30.9 Å². The van der Waals surface area contributed by atoms with Crippen LogP contribution >= 0.6 is 0 Å². The number of carbonyl (C=O) groups excluding carboxylic acids is 1. The number of piperidine rings is 1. The third-order valence-corrected chi connectivity index (χ3v) is 4.16. The molecule has 0 radical (unpaired) electrons. The molecule has 1 aliphatic heterocycles. The van der Waals surface area contributed by atoms with Crippen molar-refractivity contribution >= 4 is 5.91 Å². The predicted octanol–water partition coefficient (Wildman–Crippen LogP) is 3.12. The van der Waals surface area contributed by atoms with Gasteiger partial charge in [0, 0.05) is 31.1 Å². The first-order valence-corrected chi connectivity index (χ1v) is 7.77. The average molecular weight is 292 g/mol. The van der Waals surface area contributed by atoms with Gasteiger partial charge in [-0.1, -0.05) is 26.0 Å². The molecule has 1 aromatic rings. The van der Waals surface area contributed by atoms with Gasteiger partial charge in [-0.05, 0) is 37.5 Å². The molecule has 1 atom stereocenters. The molecule has 4 heteroatoms. The topological polar surface area (TPSA) is 32.3 Å². The number of hydrogen-bond acceptors (Lipinski definition) is 2. The van der Waals surface area contributed by atoms with Crippen LogP contribution in [0.5, 0.6) is 0 Å². The van der Waals surface area contributed by atoms with Crippen molar-refractivity contribution in [3.8, 4) is 0 Å². The van der Waals surface area contributed by atoms with Crippen LogP contribution in [0.4, 0.5) is 4.39 Å². The number of nitrogens with zero attached hydrogens (tertiary/aromatic N) is 1. The molecule has 0 aromatic heterocycles. The molecular formula is C17H25FN2O. The highest BCUT2D eigenvalue weighted by Gasteiger charge is 2.25. The second-order valence-corrected chi connectivity index (χ2v) is 6.19. The maximum atomic E-state index is 12.9. The summed E-state index contributed by atoms with van der Waals surface area (Å²) in [5.41, 5.74) is 1.09. The molecule has 3 nitrogen and oxygen atoms in total. The van der Waals surface area contributed by atoms with E-state index in [1.165, 1.54) is 12.1 Å². The maximum Gasteiger partial charge on any atom is 0.225 e. The summed E-state index contributed by atoms with van der Waals surface area (Å²) in [4.78, 5) is 13.9. The molecule has 21 heavy (non-hydrogen) atoms. The van der Waals surface area contributed by atoms with E-state index >= 15 is 0 Å². The van der Waals surface area contributed by atoms with Gasteiger partial charge in [0.2, 0.25) is 5.91 Å². The normalized spacial score (nSPS) is 18.0. The molecule has 1 aliphatic rings. The second-order valence-electron chi connectivity index (χ2n) is 6.19. The number of hydrogen-bond donors (Lipinski definition) is 1. The van der Waals surface area contributed by atoms with Gasteiger partial charge in [0.1, 0.15) is 5.82 Å². The summed E-state index contributed by atoms with van der Waals surface area (Å²) in [5.74, 6) is 0.124. The van der Waals surface area contributed by atoms with Crippen LogP contribution in [-0.4, -0.2) is 29.9 Å². The zero-order valence-corrected chi connectivity index (χ0v) is 13.1. The van der Waals surface area contributed by atoms with Crippen molar-refractivity contribution in [3.05, 3.63) is 35.6 Å². The Labute approximate surface area is 126 Å². The molecule has 0 aliphatic carbocycles. The van der Waals surface area contributed by atoms with Gasteiger partial charge in [-0.15, -0.1) is 0 Å². The van der Waals surface area contributed by atoms with Crippen LogP contribution in [0.3, 0.4) is 0 Å². The molecule has 0 bridgehead atoms. The van der Waals surface area contributed by atoms with Crippen LogP contribution < -0.4 is 5.32 Å². The number of rotatable bonds is 4. The third kappa shape index (κ3) is 4.27. The Bertz CT molecular complexity index is 464. The average Bonchev–Trinajstić information content (AvgIpc) is 2.47. The minimum absolute atomic E-state index is 0.0765. The first-order valence-electron chi connectivity index (χ1n) is 7.77. The van der Waals surface area contributed by atoms with Crippen LogP contribution in [0, 0.1) is 11.7 Å². The number of nitrogens with one attached hydrogen (secondary N) is 1. The molecule has 0 spiro atoms. The Morgan fingerprint density at radius 1 is 1.19 bits per heavy atom. The van der Waals surface area contributed by atoms with E-state index in [0.29, 0.717) is 6.04 Å². The lowest BCUT2D eigenvalue weighted by Gasteiger charge is -2.35. The monoisotopic (exact) mass is 292 g/mol. The smallest absolute Gasteiger partial charge is 0.225 e. The first-order chi connectivity index (χ1) is 9.97. The van der Waals surface area contributed by atoms with Gasteiger partial charge in [0.15, 0.2) is 0 Å². The van der Waals surface area contributed by atoms with Gasteiger partial charge in [-0.2, -0.15) is 0 Å². The fourth-order valence-electron chi connectivity index (χ4n) is 2.83. The number of likely N-dealkylation sites (tertiary alicyclic amines) is 1. The minimum Gasteiger partial charge on any atom is -0.342 e. The molecule has 1 aromatic carbocycles. The van der Waals surface area contributed by atoms with Crippen LogP contribution in [0.15, 0.2) is 24.3 Å². The van der Waals surface area contributed by atoms with Crippen molar-refractivity contribution in [1.82, 2.24) is 10.2 Å². The molecule has 1 unspecified atom stereocenters. The molecule has 1 heterocycles. The Hall–Kier alpha value is -1.42. The highest BCUT2D eigenvalue weighted by molar-refractivity contribution is 5.78. The predicted molar refractivity (Wildman–Crippen MR) is 82.4 cm³/mol. The lowest BCUT2D eigenvalue weighted by Crippen LogP contribution is -2.46. The summed E-state index contributed by atoms with van der Waals surface area (Å²) in [6, 6.07) is 7.26. The fourth-order valence-corrected chi connectivity index (χ4v) is 2.83. The Kier molecular flexibility index (Phi) is 5.34. The SMILES string of the molecule is CC(C)C(=O)N1CCC(NC(C)c2ccc(F)cc2)CC1. The number of carbonyl (C=O) groups is 1. The zero-order chi connectivity index (χ0) is 15.4. The molecule has 0 saturated carbocycles. The van der Waals surface area contributed by atoms with Gasteiger partial charge < -0.3 is 10.2 Å². The van der Waals surface area contributed by atoms with E-state index in [4.69, 9.17) is 0 Å². The molecule has 1 N–H and O–H groups in total. The number of halogens is 1. The quantitative estimate of drug-likeness (QED) is 0.924. The van der Waals surface area contributed by atoms with E-state index in [1.54, 1.807) is 0 Å². The van der Waals surface area contributed by atoms with Crippen molar-refractivity contribution in [2.24, 2.45) is 5.92 Å². The van der Waals surface area contributed by atoms with E-state index in [0.717, 1.165) is 31.5 Å². The van der Waals surface area contributed by atoms with Crippen molar-refractivity contribution < 1.29 is 9.18 Å². The van der Waals surface area contributed by atoms with Gasteiger partial charge in [0.05, 0.1) is 0 Å². The summed E-state index contributed by atoms with van der Waals surface area (Å²) in [6.45, 7) is 7.64. The molecule has 116 valence electrons. The van der Waals surface area contributed by atoms with Crippen LogP contribution in [0.1, 0.15) is 45.2 Å². The largest absolute Gasteiger partial charge is 0.342 e. The van der Waals surface area contributed by atoms with Crippen LogP contribution in [-0.2, 0) is 4.79 Å². The maximum absolute atomic E-state index is 12.9. The van der Waals surface area contributed by atoms with Crippen molar-refractivity contribution in [2.45, 2.75) is 45.7 Å². The molecule has 1 fully saturated rings. The summed E-state index contributed by atoms with van der Waals surface area (Å²) in [5, 5.41) is 3.58. The standard InChI is InChI=1S/C17H25FN2O/c1-12(2)17(21)20-10-8-16(9-11-20)19-13(3)14-4-6-15(18)7-5-14/h4-7,12-13,16,19H,8-11H2,1-3H3. The Balaban J connectivity index is 1.83. The lowest BCUT2D eigenvalue weighted by atomic mass is 10.0. The summed E-state index contributed by atoms with van der Waals surface area (Å²) in [7, 11) is 0. The molecule has 1 saturated heterocycles. The molecule has 2 rings (SSSR count). The van der Waals surface area contributed by atoms with E-state index in [-0.39, 0.29) is 23.7 Å². The Morgan fingerprint density at radius 2 is 1.76 bits per heavy atom. The van der Waals surface area contributed by atoms with Crippen molar-refractivity contribution in [3.63, 3.8) is 0 Å². The van der Waals surface area contributed by atoms with Gasteiger partial charge in [0.25, 0.3) is 0 Å². The minimum atomic E-state index is -0.202. The first kappa shape index (κ1) is 16.0. The van der Waals surface area contributed by atoms with E-state index < -0.39 is 0 Å². The van der Waals surface area contributed by atoms with Crippen molar-refractivity contribution in [2.75, 3.05) is 13.1 Å². The second kappa shape index (κ2) is 7.03. The summed E-state index contributed by atoms with van der Waals surface area (Å²) < 4.78 is 12.9. The molecular weight excluding hydrogens is 267 g/mol. The lowest BCUT2D eigenvalue weighted by molar-refractivity contribution is -0.135. The highest BCUT2D eigenvalue weighted by atomic mass is 19.1.